The van der Waals surface area contributed by atoms with Crippen molar-refractivity contribution < 1.29 is 32.9 Å². The van der Waals surface area contributed by atoms with E-state index in [1.54, 1.807) is 0 Å². The highest BCUT2D eigenvalue weighted by Crippen LogP contribution is 2.23. The maximum Gasteiger partial charge on any atom is 0.343 e. The van der Waals surface area contributed by atoms with Crippen LogP contribution in [0, 0.1) is 17.5 Å². The van der Waals surface area contributed by atoms with Gasteiger partial charge in [0.05, 0.1) is 24.8 Å². The van der Waals surface area contributed by atoms with E-state index in [1.807, 2.05) is 0 Å². The smallest absolute Gasteiger partial charge is 0.343 e. The predicted molar refractivity (Wildman–Crippen MR) is 77.5 cm³/mol. The van der Waals surface area contributed by atoms with E-state index in [2.05, 4.69) is 4.99 Å². The Kier molecular flexibility index (Phi) is 6.77. The van der Waals surface area contributed by atoms with Crippen molar-refractivity contribution in [3.05, 3.63) is 40.7 Å². The number of aliphatic imine (C=N–C) groups is 1. The first-order chi connectivity index (χ1) is 10.8. The van der Waals surface area contributed by atoms with Gasteiger partial charge in [-0.2, -0.15) is 0 Å². The number of carbonyl (C=O) groups excluding carboxylic acids is 1. The summed E-state index contributed by atoms with van der Waals surface area (Å²) in [7, 11) is 0. The minimum atomic E-state index is -1.78. The number of aliphatic hydroxyl groups is 2. The number of hydrogen-bond donors (Lipinski definition) is 2. The molecule has 2 N–H and O–H groups in total. The Morgan fingerprint density at radius 1 is 1.35 bits per heavy atom. The van der Waals surface area contributed by atoms with Crippen LogP contribution in [0.3, 0.4) is 0 Å². The highest BCUT2D eigenvalue weighted by atomic mass is 19.2. The third-order valence-corrected chi connectivity index (χ3v) is 2.76. The lowest BCUT2D eigenvalue weighted by atomic mass is 10.1. The molecule has 0 heterocycles. The summed E-state index contributed by atoms with van der Waals surface area (Å²) in [4.78, 5) is 15.6. The molecule has 1 unspecified atom stereocenters. The van der Waals surface area contributed by atoms with Gasteiger partial charge in [-0.05, 0) is 26.0 Å². The fourth-order valence-corrected chi connectivity index (χ4v) is 1.52. The zero-order valence-electron chi connectivity index (χ0n) is 12.5. The molecule has 0 saturated heterocycles. The average molecular weight is 331 g/mol. The minimum absolute atomic E-state index is 0.0285. The molecule has 0 aliphatic rings. The summed E-state index contributed by atoms with van der Waals surface area (Å²) in [6, 6.07) is 0.799. The summed E-state index contributed by atoms with van der Waals surface area (Å²) in [6.07, 6.45) is 0.884. The summed E-state index contributed by atoms with van der Waals surface area (Å²) in [5.74, 6) is -6.83. The second-order valence-corrected chi connectivity index (χ2v) is 4.52. The first-order valence-electron chi connectivity index (χ1n) is 6.71. The number of esters is 1. The van der Waals surface area contributed by atoms with Crippen LogP contribution < -0.4 is 0 Å². The lowest BCUT2D eigenvalue weighted by molar-refractivity contribution is -0.137. The van der Waals surface area contributed by atoms with Crippen molar-refractivity contribution in [1.29, 1.82) is 0 Å². The van der Waals surface area contributed by atoms with E-state index >= 15 is 0 Å². The standard InChI is InChI=1S/C15H16F3NO4/c1-3-23-15(22)10(6-19-8(2)7-20)14(21)9-4-5-11(16)13(18)12(9)17/h4-6,8,20-21H,3,7H2,1-2H3. The minimum Gasteiger partial charge on any atom is -0.506 e. The lowest BCUT2D eigenvalue weighted by Gasteiger charge is -2.09. The van der Waals surface area contributed by atoms with Crippen LogP contribution in [-0.4, -0.2) is 41.7 Å². The van der Waals surface area contributed by atoms with Gasteiger partial charge >= 0.3 is 5.97 Å². The van der Waals surface area contributed by atoms with Crippen LogP contribution in [0.5, 0.6) is 0 Å². The molecule has 0 aliphatic heterocycles. The summed E-state index contributed by atoms with van der Waals surface area (Å²) in [6.45, 7) is 2.68. The predicted octanol–water partition coefficient (Wildman–Crippen LogP) is 2.39. The van der Waals surface area contributed by atoms with Gasteiger partial charge in [-0.15, -0.1) is 0 Å². The number of rotatable bonds is 6. The lowest BCUT2D eigenvalue weighted by Crippen LogP contribution is -2.14. The van der Waals surface area contributed by atoms with E-state index in [1.165, 1.54) is 13.8 Å². The third-order valence-electron chi connectivity index (χ3n) is 2.76. The molecule has 8 heteroatoms. The Morgan fingerprint density at radius 3 is 2.57 bits per heavy atom. The van der Waals surface area contributed by atoms with Crippen molar-refractivity contribution in [3.8, 4) is 0 Å². The van der Waals surface area contributed by atoms with Crippen molar-refractivity contribution in [2.45, 2.75) is 19.9 Å². The molecule has 0 radical (unpaired) electrons. The van der Waals surface area contributed by atoms with Crippen LogP contribution >= 0.6 is 0 Å². The zero-order chi connectivity index (χ0) is 17.6. The molecule has 1 rings (SSSR count). The molecule has 1 aromatic carbocycles. The van der Waals surface area contributed by atoms with Crippen LogP contribution in [0.2, 0.25) is 0 Å². The molecule has 1 aromatic rings. The Balaban J connectivity index is 3.42. The van der Waals surface area contributed by atoms with Gasteiger partial charge in [0.25, 0.3) is 0 Å². The van der Waals surface area contributed by atoms with Crippen molar-refractivity contribution in [3.63, 3.8) is 0 Å². The number of nitrogens with zero attached hydrogens (tertiary/aromatic N) is 1. The average Bonchev–Trinajstić information content (AvgIpc) is 2.52. The molecule has 5 nitrogen and oxygen atoms in total. The Bertz CT molecular complexity index is 644. The zero-order valence-corrected chi connectivity index (χ0v) is 12.5. The fourth-order valence-electron chi connectivity index (χ4n) is 1.52. The molecule has 0 aromatic heterocycles. The van der Waals surface area contributed by atoms with Gasteiger partial charge < -0.3 is 14.9 Å². The third kappa shape index (κ3) is 4.56. The van der Waals surface area contributed by atoms with Gasteiger partial charge in [-0.1, -0.05) is 0 Å². The quantitative estimate of drug-likeness (QED) is 0.276. The van der Waals surface area contributed by atoms with E-state index in [9.17, 15) is 23.1 Å². The molecule has 0 bridgehead atoms. The Hall–Kier alpha value is -2.35. The molecule has 0 aliphatic carbocycles. The fraction of sp³-hybridized carbons (Fsp3) is 0.333. The number of ether oxygens (including phenoxy) is 1. The molecule has 126 valence electrons. The SMILES string of the molecule is CCOC(=O)C(C=NC(C)CO)=C(O)c1ccc(F)c(F)c1F. The molecular weight excluding hydrogens is 315 g/mol. The topological polar surface area (TPSA) is 79.1 Å². The largest absolute Gasteiger partial charge is 0.506 e. The summed E-state index contributed by atoms with van der Waals surface area (Å²) >= 11 is 0. The molecule has 0 spiro atoms. The van der Waals surface area contributed by atoms with E-state index in [-0.39, 0.29) is 13.2 Å². The second-order valence-electron chi connectivity index (χ2n) is 4.52. The van der Waals surface area contributed by atoms with Crippen LogP contribution in [0.1, 0.15) is 19.4 Å². The summed E-state index contributed by atoms with van der Waals surface area (Å²) in [5.41, 5.74) is -1.26. The van der Waals surface area contributed by atoms with Crippen molar-refractivity contribution in [1.82, 2.24) is 0 Å². The maximum atomic E-state index is 13.7. The maximum absolute atomic E-state index is 13.7. The van der Waals surface area contributed by atoms with Crippen LogP contribution in [0.4, 0.5) is 13.2 Å². The highest BCUT2D eigenvalue weighted by molar-refractivity contribution is 6.15. The molecule has 0 fully saturated rings. The van der Waals surface area contributed by atoms with Gasteiger partial charge in [0, 0.05) is 6.21 Å². The molecule has 23 heavy (non-hydrogen) atoms. The van der Waals surface area contributed by atoms with Crippen LogP contribution in [0.15, 0.2) is 22.7 Å². The monoisotopic (exact) mass is 331 g/mol. The number of aliphatic hydroxyl groups excluding tert-OH is 2. The first-order valence-corrected chi connectivity index (χ1v) is 6.71. The van der Waals surface area contributed by atoms with Crippen LogP contribution in [-0.2, 0) is 9.53 Å². The second kappa shape index (κ2) is 8.33. The van der Waals surface area contributed by atoms with Crippen LogP contribution in [0.25, 0.3) is 5.76 Å². The summed E-state index contributed by atoms with van der Waals surface area (Å²) < 4.78 is 44.7. The molecule has 1 atom stereocenters. The summed E-state index contributed by atoms with van der Waals surface area (Å²) in [5, 5.41) is 19.0. The van der Waals surface area contributed by atoms with Gasteiger partial charge in [0.15, 0.2) is 17.5 Å². The van der Waals surface area contributed by atoms with Gasteiger partial charge in [-0.3, -0.25) is 4.99 Å². The highest BCUT2D eigenvalue weighted by Gasteiger charge is 2.22. The number of carbonyl (C=O) groups is 1. The van der Waals surface area contributed by atoms with E-state index in [0.29, 0.717) is 6.07 Å². The normalized spacial score (nSPS) is 13.8. The molecular formula is C15H16F3NO4. The number of hydrogen-bond acceptors (Lipinski definition) is 5. The first kappa shape index (κ1) is 18.7. The van der Waals surface area contributed by atoms with E-state index in [0.717, 1.165) is 12.3 Å². The number of benzene rings is 1. The number of halogens is 3. The molecule has 0 amide bonds. The van der Waals surface area contributed by atoms with Crippen molar-refractivity contribution in [2.75, 3.05) is 13.2 Å². The van der Waals surface area contributed by atoms with Gasteiger partial charge in [-0.25, -0.2) is 18.0 Å². The Labute approximate surface area is 130 Å². The van der Waals surface area contributed by atoms with Crippen molar-refractivity contribution in [2.24, 2.45) is 4.99 Å². The van der Waals surface area contributed by atoms with E-state index in [4.69, 9.17) is 9.84 Å². The van der Waals surface area contributed by atoms with E-state index < -0.39 is 46.4 Å². The van der Waals surface area contributed by atoms with Crippen molar-refractivity contribution >= 4 is 17.9 Å². The van der Waals surface area contributed by atoms with Gasteiger partial charge in [0.2, 0.25) is 0 Å². The molecule has 0 saturated carbocycles. The Morgan fingerprint density at radius 2 is 2.00 bits per heavy atom. The van der Waals surface area contributed by atoms with Gasteiger partial charge in [0.1, 0.15) is 11.3 Å².